The molecule has 1 aromatic heterocycles. The molecule has 0 atom stereocenters. The Balaban J connectivity index is 2.58. The lowest BCUT2D eigenvalue weighted by Gasteiger charge is -2.00. The molecule has 0 saturated heterocycles. The average Bonchev–Trinajstić information content (AvgIpc) is 2.58. The first-order valence-electron chi connectivity index (χ1n) is 3.72. The Morgan fingerprint density at radius 2 is 1.87 bits per heavy atom. The third-order valence-electron chi connectivity index (χ3n) is 1.64. The summed E-state index contributed by atoms with van der Waals surface area (Å²) in [7, 11) is 0. The highest BCUT2D eigenvalue weighted by Gasteiger charge is 2.13. The fourth-order valence-corrected chi connectivity index (χ4v) is 1.97. The van der Waals surface area contributed by atoms with Crippen molar-refractivity contribution in [2.75, 3.05) is 0 Å². The van der Waals surface area contributed by atoms with E-state index in [1.807, 2.05) is 0 Å². The lowest BCUT2D eigenvalue weighted by molar-refractivity contribution is 0.603. The van der Waals surface area contributed by atoms with E-state index in [9.17, 15) is 8.78 Å². The Morgan fingerprint density at radius 3 is 2.47 bits per heavy atom. The molecular formula is C8H2Cl2F2N2S. The van der Waals surface area contributed by atoms with Gasteiger partial charge >= 0.3 is 0 Å². The van der Waals surface area contributed by atoms with Crippen LogP contribution in [0, 0.1) is 11.6 Å². The molecule has 2 aromatic rings. The van der Waals surface area contributed by atoms with Crippen molar-refractivity contribution in [3.05, 3.63) is 34.1 Å². The normalized spacial score (nSPS) is 10.7. The van der Waals surface area contributed by atoms with Gasteiger partial charge in [-0.05, 0) is 35.3 Å². The van der Waals surface area contributed by atoms with Gasteiger partial charge in [0.15, 0.2) is 0 Å². The van der Waals surface area contributed by atoms with Crippen LogP contribution >= 0.6 is 34.7 Å². The van der Waals surface area contributed by atoms with Crippen LogP contribution in [0.4, 0.5) is 8.78 Å². The minimum absolute atomic E-state index is 0.00120. The molecular weight excluding hydrogens is 265 g/mol. The summed E-state index contributed by atoms with van der Waals surface area (Å²) in [6.07, 6.45) is 0. The number of halogens is 4. The largest absolute Gasteiger partial charge is 0.234 e. The first kappa shape index (κ1) is 10.7. The van der Waals surface area contributed by atoms with E-state index in [4.69, 9.17) is 23.2 Å². The van der Waals surface area contributed by atoms with Gasteiger partial charge in [-0.25, -0.2) is 13.8 Å². The van der Waals surface area contributed by atoms with E-state index in [1.165, 1.54) is 0 Å². The number of hydrogen-bond donors (Lipinski definition) is 0. The topological polar surface area (TPSA) is 25.8 Å². The van der Waals surface area contributed by atoms with Gasteiger partial charge in [0, 0.05) is 0 Å². The van der Waals surface area contributed by atoms with Gasteiger partial charge in [-0.3, -0.25) is 0 Å². The fraction of sp³-hybridized carbons (Fsp3) is 0. The summed E-state index contributed by atoms with van der Waals surface area (Å²) in [5.74, 6) is -1.37. The molecule has 0 spiro atoms. The third-order valence-corrected chi connectivity index (χ3v) is 2.95. The highest BCUT2D eigenvalue weighted by atomic mass is 35.5. The second-order valence-electron chi connectivity index (χ2n) is 2.61. The van der Waals surface area contributed by atoms with E-state index < -0.39 is 11.6 Å². The predicted octanol–water partition coefficient (Wildman–Crippen LogP) is 3.79. The van der Waals surface area contributed by atoms with Gasteiger partial charge in [-0.1, -0.05) is 11.6 Å². The van der Waals surface area contributed by atoms with E-state index in [1.54, 1.807) is 0 Å². The standard InChI is InChI=1S/C8H2Cl2F2N2S/c9-4-2-5(11)3(1-6(4)12)7-13-8(10)14-15-7/h1-2H. The minimum atomic E-state index is -0.709. The fourth-order valence-electron chi connectivity index (χ4n) is 1.00. The molecule has 0 radical (unpaired) electrons. The molecule has 0 saturated carbocycles. The van der Waals surface area contributed by atoms with Gasteiger partial charge < -0.3 is 0 Å². The lowest BCUT2D eigenvalue weighted by atomic mass is 10.2. The quantitative estimate of drug-likeness (QED) is 0.734. The van der Waals surface area contributed by atoms with Crippen LogP contribution in [0.3, 0.4) is 0 Å². The van der Waals surface area contributed by atoms with Crippen molar-refractivity contribution in [3.8, 4) is 10.6 Å². The maximum atomic E-state index is 13.4. The Hall–Kier alpha value is -0.780. The molecule has 0 fully saturated rings. The molecule has 0 unspecified atom stereocenters. The summed E-state index contributed by atoms with van der Waals surface area (Å²) >= 11 is 11.8. The second-order valence-corrected chi connectivity index (χ2v) is 4.11. The highest BCUT2D eigenvalue weighted by molar-refractivity contribution is 7.09. The average molecular weight is 267 g/mol. The van der Waals surface area contributed by atoms with Crippen molar-refractivity contribution in [2.24, 2.45) is 0 Å². The Kier molecular flexibility index (Phi) is 2.86. The summed E-state index contributed by atoms with van der Waals surface area (Å²) < 4.78 is 30.1. The van der Waals surface area contributed by atoms with E-state index in [-0.39, 0.29) is 20.9 Å². The lowest BCUT2D eigenvalue weighted by Crippen LogP contribution is -1.87. The first-order valence-corrected chi connectivity index (χ1v) is 5.25. The number of nitrogens with zero attached hydrogens (tertiary/aromatic N) is 2. The molecule has 2 nitrogen and oxygen atoms in total. The molecule has 0 N–H and O–H groups in total. The van der Waals surface area contributed by atoms with E-state index >= 15 is 0 Å². The smallest absolute Gasteiger partial charge is 0.206 e. The van der Waals surface area contributed by atoms with E-state index in [2.05, 4.69) is 9.36 Å². The number of benzene rings is 1. The molecule has 0 amide bonds. The maximum absolute atomic E-state index is 13.4. The van der Waals surface area contributed by atoms with Crippen molar-refractivity contribution >= 4 is 34.7 Å². The highest BCUT2D eigenvalue weighted by Crippen LogP contribution is 2.29. The van der Waals surface area contributed by atoms with Crippen LogP contribution in [0.2, 0.25) is 10.3 Å². The molecule has 0 aliphatic heterocycles. The number of aromatic nitrogens is 2. The van der Waals surface area contributed by atoms with Crippen LogP contribution in [-0.2, 0) is 0 Å². The molecule has 78 valence electrons. The van der Waals surface area contributed by atoms with Crippen LogP contribution in [0.5, 0.6) is 0 Å². The Labute approximate surface area is 97.6 Å². The van der Waals surface area contributed by atoms with Gasteiger partial charge in [-0.2, -0.15) is 4.37 Å². The van der Waals surface area contributed by atoms with Crippen molar-refractivity contribution in [2.45, 2.75) is 0 Å². The van der Waals surface area contributed by atoms with Crippen molar-refractivity contribution in [3.63, 3.8) is 0 Å². The van der Waals surface area contributed by atoms with Gasteiger partial charge in [0.2, 0.25) is 5.28 Å². The molecule has 7 heteroatoms. The second kappa shape index (κ2) is 4.00. The van der Waals surface area contributed by atoms with Crippen LogP contribution in [0.25, 0.3) is 10.6 Å². The van der Waals surface area contributed by atoms with Gasteiger partial charge in [0.1, 0.15) is 16.6 Å². The summed E-state index contributed by atoms with van der Waals surface area (Å²) in [6, 6.07) is 1.86. The molecule has 2 rings (SSSR count). The predicted molar refractivity (Wildman–Crippen MR) is 55.3 cm³/mol. The summed E-state index contributed by atoms with van der Waals surface area (Å²) in [4.78, 5) is 3.74. The monoisotopic (exact) mass is 266 g/mol. The van der Waals surface area contributed by atoms with Gasteiger partial charge in [-0.15, -0.1) is 0 Å². The summed E-state index contributed by atoms with van der Waals surface area (Å²) in [5, 5.41) is -0.0512. The first-order chi connectivity index (χ1) is 7.08. The van der Waals surface area contributed by atoms with Crippen LogP contribution in [0.1, 0.15) is 0 Å². The van der Waals surface area contributed by atoms with Gasteiger partial charge in [0.05, 0.1) is 10.6 Å². The molecule has 15 heavy (non-hydrogen) atoms. The zero-order valence-corrected chi connectivity index (χ0v) is 9.30. The molecule has 0 aliphatic rings. The molecule has 1 aromatic carbocycles. The summed E-state index contributed by atoms with van der Waals surface area (Å²) in [6.45, 7) is 0. The van der Waals surface area contributed by atoms with Crippen LogP contribution < -0.4 is 0 Å². The Bertz CT molecular complexity index is 515. The number of rotatable bonds is 1. The third kappa shape index (κ3) is 2.09. The van der Waals surface area contributed by atoms with Crippen molar-refractivity contribution in [1.82, 2.24) is 9.36 Å². The zero-order chi connectivity index (χ0) is 11.0. The maximum Gasteiger partial charge on any atom is 0.234 e. The SMILES string of the molecule is Fc1cc(-c2nc(Cl)ns2)c(F)cc1Cl. The zero-order valence-electron chi connectivity index (χ0n) is 6.97. The van der Waals surface area contributed by atoms with Crippen LogP contribution in [0.15, 0.2) is 12.1 Å². The molecule has 0 aliphatic carbocycles. The van der Waals surface area contributed by atoms with Crippen LogP contribution in [-0.4, -0.2) is 9.36 Å². The molecule has 1 heterocycles. The van der Waals surface area contributed by atoms with Crippen molar-refractivity contribution < 1.29 is 8.78 Å². The Morgan fingerprint density at radius 1 is 1.13 bits per heavy atom. The van der Waals surface area contributed by atoms with Gasteiger partial charge in [0.25, 0.3) is 0 Å². The minimum Gasteiger partial charge on any atom is -0.206 e. The molecule has 0 bridgehead atoms. The van der Waals surface area contributed by atoms with E-state index in [0.29, 0.717) is 0 Å². The van der Waals surface area contributed by atoms with E-state index in [0.717, 1.165) is 23.7 Å². The van der Waals surface area contributed by atoms with Crippen molar-refractivity contribution in [1.29, 1.82) is 0 Å². The summed E-state index contributed by atoms with van der Waals surface area (Å²) in [5.41, 5.74) is 0.00120. The number of hydrogen-bond acceptors (Lipinski definition) is 3.